The summed E-state index contributed by atoms with van der Waals surface area (Å²) in [6, 6.07) is 3.87. The predicted molar refractivity (Wildman–Crippen MR) is 154 cm³/mol. The number of fused-ring (bicyclic) bond motifs is 1. The first kappa shape index (κ1) is 32.3. The SMILES string of the molecule is C[C@@H](OC(C)(C)C)[C@H](NC(=O)OC(C)(C)C)C(=O)NS(=O)(=O)c1nc2cc(B3OC(C)(C)C(C)(C)O3)ccc2s1. The van der Waals surface area contributed by atoms with Gasteiger partial charge < -0.3 is 24.1 Å². The second-order valence-corrected chi connectivity index (χ2v) is 15.7. The highest BCUT2D eigenvalue weighted by molar-refractivity contribution is 7.92. The first-order valence-corrected chi connectivity index (χ1v) is 15.3. The van der Waals surface area contributed by atoms with Crippen LogP contribution >= 0.6 is 11.3 Å². The van der Waals surface area contributed by atoms with Crippen LogP contribution in [-0.4, -0.2) is 67.1 Å². The second-order valence-electron chi connectivity index (χ2n) is 12.8. The Bertz CT molecular complexity index is 1360. The third-order valence-electron chi connectivity index (χ3n) is 6.35. The first-order valence-electron chi connectivity index (χ1n) is 13.0. The van der Waals surface area contributed by atoms with Crippen molar-refractivity contribution in [2.45, 2.75) is 115 Å². The maximum atomic E-state index is 13.2. The molecule has 1 aliphatic heterocycles. The third-order valence-corrected chi connectivity index (χ3v) is 9.11. The molecule has 11 nitrogen and oxygen atoms in total. The van der Waals surface area contributed by atoms with E-state index >= 15 is 0 Å². The number of nitrogens with one attached hydrogen (secondary N) is 2. The van der Waals surface area contributed by atoms with Crippen molar-refractivity contribution in [3.05, 3.63) is 18.2 Å². The molecule has 0 bridgehead atoms. The Labute approximate surface area is 240 Å². The zero-order valence-electron chi connectivity index (χ0n) is 25.0. The minimum atomic E-state index is -4.39. The average Bonchev–Trinajstić information content (AvgIpc) is 3.26. The lowest BCUT2D eigenvalue weighted by Crippen LogP contribution is -2.56. The molecule has 0 spiro atoms. The molecule has 1 fully saturated rings. The Kier molecular flexibility index (Phi) is 8.76. The summed E-state index contributed by atoms with van der Waals surface area (Å²) in [7, 11) is -5.02. The van der Waals surface area contributed by atoms with E-state index in [-0.39, 0.29) is 4.34 Å². The third kappa shape index (κ3) is 7.72. The Balaban J connectivity index is 1.84. The first-order chi connectivity index (χ1) is 18.0. The maximum Gasteiger partial charge on any atom is 0.494 e. The summed E-state index contributed by atoms with van der Waals surface area (Å²) < 4.78 is 52.1. The standard InChI is InChI=1S/C26H40BN3O8S2/c1-15(35-23(2,3)4)19(29-21(32)36-24(5,6)7)20(31)30-40(33,34)22-28-17-14-16(12-13-18(17)39-22)27-37-25(8,9)26(10,11)38-27/h12-15,19H,1-11H3,(H,29,32)(H,30,31)/t15-,19+/m1/s1. The summed E-state index contributed by atoms with van der Waals surface area (Å²) in [5, 5.41) is 2.44. The van der Waals surface area contributed by atoms with Crippen LogP contribution in [0.25, 0.3) is 10.2 Å². The number of ether oxygens (including phenoxy) is 2. The van der Waals surface area contributed by atoms with Gasteiger partial charge in [-0.1, -0.05) is 6.07 Å². The largest absolute Gasteiger partial charge is 0.494 e. The lowest BCUT2D eigenvalue weighted by Gasteiger charge is -2.32. The normalized spacial score (nSPS) is 18.8. The Morgan fingerprint density at radius 1 is 1.02 bits per heavy atom. The van der Waals surface area contributed by atoms with Crippen molar-refractivity contribution in [1.82, 2.24) is 15.0 Å². The fourth-order valence-corrected chi connectivity index (χ4v) is 6.07. The average molecular weight is 598 g/mol. The second kappa shape index (κ2) is 10.9. The van der Waals surface area contributed by atoms with E-state index in [1.165, 1.54) is 0 Å². The minimum Gasteiger partial charge on any atom is -0.444 e. The maximum absolute atomic E-state index is 13.2. The van der Waals surface area contributed by atoms with Gasteiger partial charge in [-0.3, -0.25) is 4.79 Å². The molecule has 14 heteroatoms. The van der Waals surface area contributed by atoms with E-state index in [2.05, 4.69) is 10.3 Å². The topological polar surface area (TPSA) is 142 Å². The summed E-state index contributed by atoms with van der Waals surface area (Å²) in [6.45, 7) is 19.7. The van der Waals surface area contributed by atoms with Crippen molar-refractivity contribution in [2.75, 3.05) is 0 Å². The van der Waals surface area contributed by atoms with Crippen molar-refractivity contribution in [2.24, 2.45) is 0 Å². The summed E-state index contributed by atoms with van der Waals surface area (Å²) in [6.07, 6.45) is -1.77. The predicted octanol–water partition coefficient (Wildman–Crippen LogP) is 3.50. The molecule has 2 aromatic rings. The number of benzene rings is 1. The molecular weight excluding hydrogens is 557 g/mol. The van der Waals surface area contributed by atoms with Crippen molar-refractivity contribution in [3.63, 3.8) is 0 Å². The van der Waals surface area contributed by atoms with Gasteiger partial charge in [0, 0.05) is 0 Å². The van der Waals surface area contributed by atoms with Crippen LogP contribution in [-0.2, 0) is 33.6 Å². The quantitative estimate of drug-likeness (QED) is 0.459. The molecule has 3 rings (SSSR count). The fourth-order valence-electron chi connectivity index (χ4n) is 3.86. The molecule has 0 aliphatic carbocycles. The zero-order chi connectivity index (χ0) is 30.5. The molecule has 1 aromatic carbocycles. The number of thiazole rings is 1. The highest BCUT2D eigenvalue weighted by Crippen LogP contribution is 2.37. The molecule has 222 valence electrons. The molecule has 2 N–H and O–H groups in total. The summed E-state index contributed by atoms with van der Waals surface area (Å²) >= 11 is 0.910. The van der Waals surface area contributed by atoms with Gasteiger partial charge in [0.2, 0.25) is 4.34 Å². The van der Waals surface area contributed by atoms with Gasteiger partial charge in [0.25, 0.3) is 15.9 Å². The molecule has 1 aromatic heterocycles. The van der Waals surface area contributed by atoms with Crippen molar-refractivity contribution in [3.8, 4) is 0 Å². The molecule has 2 amide bonds. The van der Waals surface area contributed by atoms with Gasteiger partial charge in [-0.25, -0.2) is 14.5 Å². The highest BCUT2D eigenvalue weighted by Gasteiger charge is 2.51. The van der Waals surface area contributed by atoms with E-state index in [1.807, 2.05) is 32.4 Å². The monoisotopic (exact) mass is 597 g/mol. The molecule has 2 heterocycles. The van der Waals surface area contributed by atoms with E-state index in [9.17, 15) is 18.0 Å². The van der Waals surface area contributed by atoms with Gasteiger partial charge in [0.1, 0.15) is 11.6 Å². The van der Waals surface area contributed by atoms with Crippen LogP contribution < -0.4 is 15.5 Å². The number of alkyl carbamates (subject to hydrolysis) is 1. The van der Waals surface area contributed by atoms with Crippen LogP contribution in [0, 0.1) is 0 Å². The van der Waals surface area contributed by atoms with Crippen LogP contribution in [0.1, 0.15) is 76.2 Å². The Morgan fingerprint density at radius 2 is 1.60 bits per heavy atom. The molecule has 0 unspecified atom stereocenters. The lowest BCUT2D eigenvalue weighted by molar-refractivity contribution is -0.129. The van der Waals surface area contributed by atoms with Crippen LogP contribution in [0.4, 0.5) is 4.79 Å². The molecule has 0 radical (unpaired) electrons. The minimum absolute atomic E-state index is 0.303. The van der Waals surface area contributed by atoms with Crippen molar-refractivity contribution in [1.29, 1.82) is 0 Å². The zero-order valence-corrected chi connectivity index (χ0v) is 26.6. The number of rotatable bonds is 7. The van der Waals surface area contributed by atoms with Crippen molar-refractivity contribution < 1.29 is 36.8 Å². The number of carbonyl (C=O) groups is 2. The summed E-state index contributed by atoms with van der Waals surface area (Å²) in [5.41, 5.74) is -1.46. The molecular formula is C26H40BN3O8S2. The van der Waals surface area contributed by atoms with Crippen LogP contribution in [0.2, 0.25) is 0 Å². The molecule has 2 atom stereocenters. The molecule has 1 aliphatic rings. The summed E-state index contributed by atoms with van der Waals surface area (Å²) in [4.78, 5) is 30.0. The fraction of sp³-hybridized carbons (Fsp3) is 0.654. The summed E-state index contributed by atoms with van der Waals surface area (Å²) in [5.74, 6) is -0.986. The number of amides is 2. The van der Waals surface area contributed by atoms with E-state index in [0.717, 1.165) is 11.3 Å². The van der Waals surface area contributed by atoms with Gasteiger partial charge in [-0.15, -0.1) is 11.3 Å². The molecule has 1 saturated heterocycles. The number of sulfonamides is 1. The number of aromatic nitrogens is 1. The highest BCUT2D eigenvalue weighted by atomic mass is 32.2. The van der Waals surface area contributed by atoms with Gasteiger partial charge in [-0.2, -0.15) is 8.42 Å². The number of carbonyl (C=O) groups excluding carboxylic acids is 2. The number of nitrogens with zero attached hydrogens (tertiary/aromatic N) is 1. The van der Waals surface area contributed by atoms with E-state index in [0.29, 0.717) is 15.7 Å². The van der Waals surface area contributed by atoms with Crippen LogP contribution in [0.5, 0.6) is 0 Å². The van der Waals surface area contributed by atoms with Crippen LogP contribution in [0.15, 0.2) is 22.5 Å². The molecule has 40 heavy (non-hydrogen) atoms. The van der Waals surface area contributed by atoms with Gasteiger partial charge in [0.05, 0.1) is 33.1 Å². The molecule has 0 saturated carbocycles. The lowest BCUT2D eigenvalue weighted by atomic mass is 9.79. The Morgan fingerprint density at radius 3 is 2.12 bits per heavy atom. The van der Waals surface area contributed by atoms with Gasteiger partial charge in [-0.05, 0) is 93.8 Å². The number of hydrogen-bond donors (Lipinski definition) is 2. The van der Waals surface area contributed by atoms with E-state index in [1.54, 1.807) is 66.7 Å². The van der Waals surface area contributed by atoms with Gasteiger partial charge in [0.15, 0.2) is 0 Å². The van der Waals surface area contributed by atoms with Crippen LogP contribution in [0.3, 0.4) is 0 Å². The van der Waals surface area contributed by atoms with Gasteiger partial charge >= 0.3 is 13.2 Å². The smallest absolute Gasteiger partial charge is 0.444 e. The Hall–Kier alpha value is -2.26. The van der Waals surface area contributed by atoms with E-state index in [4.69, 9.17) is 18.8 Å². The van der Waals surface area contributed by atoms with E-state index < -0.39 is 63.7 Å². The number of hydrogen-bond acceptors (Lipinski definition) is 10. The van der Waals surface area contributed by atoms with Crippen molar-refractivity contribution >= 4 is 56.2 Å².